The van der Waals surface area contributed by atoms with Crippen LogP contribution in [0.25, 0.3) is 0 Å². The van der Waals surface area contributed by atoms with Gasteiger partial charge in [0.05, 0.1) is 281 Å². The summed E-state index contributed by atoms with van der Waals surface area (Å²) < 4.78 is 130. The summed E-state index contributed by atoms with van der Waals surface area (Å²) in [7, 11) is 0. The molecule has 626 valence electrons. The van der Waals surface area contributed by atoms with Crippen molar-refractivity contribution in [2.24, 2.45) is 23.0 Å². The van der Waals surface area contributed by atoms with Crippen LogP contribution in [-0.4, -0.2) is 379 Å². The van der Waals surface area contributed by atoms with E-state index in [4.69, 9.17) is 127 Å². The van der Waals surface area contributed by atoms with Crippen LogP contribution in [0.15, 0.2) is 54.6 Å². The lowest BCUT2D eigenvalue weighted by molar-refractivity contribution is -0.233. The molecule has 3 aromatic rings. The van der Waals surface area contributed by atoms with Crippen molar-refractivity contribution in [3.8, 4) is 0 Å². The van der Waals surface area contributed by atoms with Gasteiger partial charge in [0, 0.05) is 25.6 Å². The molecule has 9 rings (SSSR count). The van der Waals surface area contributed by atoms with E-state index in [0.29, 0.717) is 143 Å². The number of aliphatic hydroxyl groups is 6. The van der Waals surface area contributed by atoms with Crippen molar-refractivity contribution in [2.75, 3.05) is 218 Å². The number of aliphatic hydroxyl groups excluding tert-OH is 6. The molecule has 6 aliphatic rings. The summed E-state index contributed by atoms with van der Waals surface area (Å²) in [6.07, 6.45) is -3.32. The fourth-order valence-electron chi connectivity index (χ4n) is 12.4. The Bertz CT molecular complexity index is 2920. The molecule has 0 radical (unpaired) electrons. The van der Waals surface area contributed by atoms with Gasteiger partial charge >= 0.3 is 0 Å². The van der Waals surface area contributed by atoms with E-state index in [1.165, 1.54) is 11.2 Å². The second kappa shape index (κ2) is 47.8. The molecule has 110 heavy (non-hydrogen) atoms. The van der Waals surface area contributed by atoms with Gasteiger partial charge in [0.25, 0.3) is 0 Å². The quantitative estimate of drug-likeness (QED) is 0.0142. The summed E-state index contributed by atoms with van der Waals surface area (Å²) in [4.78, 5) is 14.0. The number of carbonyl (C=O) groups excluding carboxylic acids is 1. The number of nitrogens with one attached hydrogen (secondary N) is 1. The Labute approximate surface area is 638 Å². The topological polar surface area (TPSA) is 522 Å². The molecule has 6 aliphatic heterocycles. The first-order chi connectivity index (χ1) is 53.5. The number of fused-ring (bicyclic) bond motifs is 6. The third kappa shape index (κ3) is 28.8. The fraction of sp³-hybridized carbons (Fsp3) is 0.812. The molecule has 2 aromatic heterocycles. The number of nitrogens with two attached hydrogens (primary N) is 4. The van der Waals surface area contributed by atoms with Crippen molar-refractivity contribution in [3.63, 3.8) is 0 Å². The van der Waals surface area contributed by atoms with Gasteiger partial charge in [-0.05, 0) is 12.0 Å². The van der Waals surface area contributed by atoms with Crippen molar-refractivity contribution >= 4 is 5.91 Å². The van der Waals surface area contributed by atoms with Gasteiger partial charge in [-0.25, -0.2) is 15.2 Å². The fourth-order valence-corrected chi connectivity index (χ4v) is 12.4. The van der Waals surface area contributed by atoms with Crippen LogP contribution in [0, 0.1) is 0 Å². The summed E-state index contributed by atoms with van der Waals surface area (Å²) in [5.74, 6) is 5.99. The second-order valence-corrected chi connectivity index (χ2v) is 27.4. The molecule has 6 bridgehead atoms. The molecule has 41 heteroatoms. The van der Waals surface area contributed by atoms with E-state index in [1.54, 1.807) is 21.8 Å². The average Bonchev–Trinajstić information content (AvgIpc) is 1.01. The highest BCUT2D eigenvalue weighted by Crippen LogP contribution is 2.39. The van der Waals surface area contributed by atoms with Gasteiger partial charge in [0.2, 0.25) is 5.91 Å². The largest absolute Gasteiger partial charge is 0.399 e. The van der Waals surface area contributed by atoms with Crippen LogP contribution in [0.5, 0.6) is 0 Å². The summed E-state index contributed by atoms with van der Waals surface area (Å²) in [6, 6.07) is 8.04. The number of amides is 1. The van der Waals surface area contributed by atoms with Crippen molar-refractivity contribution in [1.82, 2.24) is 40.3 Å². The van der Waals surface area contributed by atoms with Gasteiger partial charge < -0.3 is 162 Å². The molecule has 15 N–H and O–H groups in total. The lowest BCUT2D eigenvalue weighted by atomic mass is 9.89. The predicted molar refractivity (Wildman–Crippen MR) is 377 cm³/mol. The molecule has 6 fully saturated rings. The standard InChI is InChI=1S/C69H116N12O29/c70-51(34-79(73)8-12-89-15-18-92-21-24-95-27-30-99-44-67-47-105-56(108-67)33-54(82)61(67)86)38-102-41-66(74-55(83)7-4-11-98-37-50-5-2-1-3-6-50,42-103-39-52-35-80(77-75-52)9-13-90-16-19-93-22-25-96-28-31-100-45-68-48-106-64(109-68)57(71)59(84)62(68)87)43-104-40-53-36-81(78-76-53)10-14-91-17-20-94-23-26-97-29-32-101-46-69-49-107-65(110-69)58(72)60(85)63(69)88/h1-3,5-6,34-36,54,56-65,82,84-88H,4,7-33,37-49,70-73H2,(H,74,83)/b51-34-/t54-,56+,57-,58-,59-,60-,61-,62-,63-,64+,65+,67+,68+,69+/m1/s1. The maximum absolute atomic E-state index is 14.0. The second-order valence-electron chi connectivity index (χ2n) is 27.4. The van der Waals surface area contributed by atoms with E-state index in [9.17, 15) is 35.4 Å². The van der Waals surface area contributed by atoms with Crippen LogP contribution >= 0.6 is 0 Å². The minimum absolute atomic E-state index is 0.000612. The van der Waals surface area contributed by atoms with E-state index >= 15 is 0 Å². The SMILES string of the molecule is N/C(=C\N(N)CCOCCOCCOCCOC[C@]12CO[C@H](C[C@@H](O)[C@H]1O)O2)COCC(COCc1cn(CCOCCOCCOCCOC[C@@]23CO[C@@H](O2)[C@H](N)[C@@H](O)[C@H]3O)nn1)(COCc1cn(CCOCCOCCOCCOC[C@@]23CO[C@@H](O2)[C@H](N)[C@@H](O)[C@H]3O)nn1)NC(=O)CCCOCc1ccccc1. The van der Waals surface area contributed by atoms with Crippen LogP contribution in [0.3, 0.4) is 0 Å². The van der Waals surface area contributed by atoms with Crippen LogP contribution < -0.4 is 28.4 Å². The first kappa shape index (κ1) is 89.0. The summed E-state index contributed by atoms with van der Waals surface area (Å²) in [5.41, 5.74) is 15.7. The van der Waals surface area contributed by atoms with Gasteiger partial charge in [0.1, 0.15) is 64.2 Å². The number of carbonyl (C=O) groups is 1. The third-order valence-corrected chi connectivity index (χ3v) is 18.5. The predicted octanol–water partition coefficient (Wildman–Crippen LogP) is -5.77. The van der Waals surface area contributed by atoms with Crippen molar-refractivity contribution in [2.45, 2.75) is 142 Å². The number of rotatable bonds is 62. The summed E-state index contributed by atoms with van der Waals surface area (Å²) >= 11 is 0. The maximum Gasteiger partial charge on any atom is 0.220 e. The molecule has 8 heterocycles. The van der Waals surface area contributed by atoms with E-state index in [0.717, 1.165) is 5.56 Å². The Morgan fingerprint density at radius 3 is 1.44 bits per heavy atom. The highest BCUT2D eigenvalue weighted by Gasteiger charge is 2.60. The number of hydrogen-bond acceptors (Lipinski definition) is 38. The van der Waals surface area contributed by atoms with Crippen LogP contribution in [0.1, 0.15) is 36.2 Å². The van der Waals surface area contributed by atoms with E-state index in [2.05, 4.69) is 25.9 Å². The van der Waals surface area contributed by atoms with Gasteiger partial charge in [-0.1, -0.05) is 40.8 Å². The van der Waals surface area contributed by atoms with Crippen molar-refractivity contribution in [3.05, 3.63) is 71.6 Å². The van der Waals surface area contributed by atoms with Gasteiger partial charge in [-0.3, -0.25) is 4.79 Å². The molecule has 0 unspecified atom stereocenters. The van der Waals surface area contributed by atoms with Gasteiger partial charge in [-0.15, -0.1) is 10.2 Å². The first-order valence-electron chi connectivity index (χ1n) is 37.3. The molecule has 1 amide bonds. The Hall–Kier alpha value is -4.93. The highest BCUT2D eigenvalue weighted by molar-refractivity contribution is 5.76. The van der Waals surface area contributed by atoms with Crippen molar-refractivity contribution in [1.29, 1.82) is 0 Å². The number of benzene rings is 1. The third-order valence-electron chi connectivity index (χ3n) is 18.5. The number of hydrazine groups is 1. The van der Waals surface area contributed by atoms with Gasteiger partial charge in [0.15, 0.2) is 18.9 Å². The molecule has 41 nitrogen and oxygen atoms in total. The number of ether oxygens (including phenoxy) is 22. The van der Waals surface area contributed by atoms with E-state index < -0.39 is 89.9 Å². The smallest absolute Gasteiger partial charge is 0.220 e. The molecule has 14 atom stereocenters. The molecule has 0 saturated carbocycles. The molecular weight excluding hydrogens is 1460 g/mol. The number of aromatic nitrogens is 6. The Kier molecular flexibility index (Phi) is 38.7. The zero-order chi connectivity index (χ0) is 77.7. The minimum Gasteiger partial charge on any atom is -0.399 e. The zero-order valence-electron chi connectivity index (χ0n) is 62.5. The molecular formula is C69H116N12O29. The van der Waals surface area contributed by atoms with Crippen LogP contribution in [0.2, 0.25) is 0 Å². The minimum atomic E-state index is -1.31. The van der Waals surface area contributed by atoms with Crippen molar-refractivity contribution < 1.29 is 140 Å². The van der Waals surface area contributed by atoms with E-state index in [-0.39, 0.29) is 150 Å². The average molecular weight is 1580 g/mol. The Balaban J connectivity index is 0.685. The molecule has 1 aromatic carbocycles. The molecule has 6 saturated heterocycles. The lowest BCUT2D eigenvalue weighted by Crippen LogP contribution is -2.65. The lowest BCUT2D eigenvalue weighted by Gasteiger charge is -2.41. The first-order valence-corrected chi connectivity index (χ1v) is 37.3. The zero-order valence-corrected chi connectivity index (χ0v) is 62.5. The maximum atomic E-state index is 14.0. The number of hydrogen-bond donors (Lipinski definition) is 11. The monoisotopic (exact) mass is 1580 g/mol. The summed E-state index contributed by atoms with van der Waals surface area (Å²) in [6.45, 7) is 7.96. The normalized spacial score (nSPS) is 27.2. The Morgan fingerprint density at radius 1 is 0.527 bits per heavy atom. The van der Waals surface area contributed by atoms with Gasteiger partial charge in [-0.2, -0.15) is 0 Å². The Morgan fingerprint density at radius 2 is 0.955 bits per heavy atom. The molecule has 0 aliphatic carbocycles. The van der Waals surface area contributed by atoms with E-state index in [1.807, 2.05) is 30.3 Å². The molecule has 0 spiro atoms. The highest BCUT2D eigenvalue weighted by atomic mass is 16.8. The van der Waals surface area contributed by atoms with Crippen LogP contribution in [0.4, 0.5) is 0 Å². The summed E-state index contributed by atoms with van der Waals surface area (Å²) in [5, 5.41) is 83.8. The van der Waals surface area contributed by atoms with Crippen LogP contribution in [-0.2, 0) is 142 Å². The number of nitrogens with zero attached hydrogens (tertiary/aromatic N) is 7.